The van der Waals surface area contributed by atoms with Gasteiger partial charge < -0.3 is 20.1 Å². The summed E-state index contributed by atoms with van der Waals surface area (Å²) in [7, 11) is 2.28. The second-order valence-corrected chi connectivity index (χ2v) is 6.16. The minimum absolute atomic E-state index is 0.00667. The van der Waals surface area contributed by atoms with E-state index in [1.165, 1.54) is 24.3 Å². The highest BCUT2D eigenvalue weighted by molar-refractivity contribution is 6.01. The number of allylic oxidation sites excluding steroid dienone is 2. The van der Waals surface area contributed by atoms with Gasteiger partial charge in [0.2, 0.25) is 0 Å². The molecule has 1 amide bonds. The quantitative estimate of drug-likeness (QED) is 0.739. The van der Waals surface area contributed by atoms with Crippen molar-refractivity contribution >= 4 is 23.5 Å². The van der Waals surface area contributed by atoms with E-state index in [9.17, 15) is 27.6 Å². The van der Waals surface area contributed by atoms with Gasteiger partial charge >= 0.3 is 24.0 Å². The van der Waals surface area contributed by atoms with Crippen molar-refractivity contribution in [2.75, 3.05) is 19.5 Å². The SMILES string of the molecule is COC(=O)C1=C(C)NC(C)=C(C(=O)OC)C1c1ccccc1NC(=O)C(F)(F)F. The molecule has 7 nitrogen and oxygen atoms in total. The number of methoxy groups -OCH3 is 2. The van der Waals surface area contributed by atoms with Gasteiger partial charge in [0.25, 0.3) is 0 Å². The van der Waals surface area contributed by atoms with E-state index in [-0.39, 0.29) is 22.4 Å². The molecule has 0 saturated heterocycles. The average molecular weight is 412 g/mol. The Morgan fingerprint density at radius 1 is 0.966 bits per heavy atom. The molecule has 2 N–H and O–H groups in total. The Morgan fingerprint density at radius 2 is 1.45 bits per heavy atom. The Labute approximate surface area is 164 Å². The van der Waals surface area contributed by atoms with Crippen molar-refractivity contribution in [1.29, 1.82) is 0 Å². The molecular formula is C19H19F3N2O5. The summed E-state index contributed by atoms with van der Waals surface area (Å²) in [5.41, 5.74) is 0.614. The second kappa shape index (κ2) is 8.38. The molecule has 0 unspecified atom stereocenters. The topological polar surface area (TPSA) is 93.7 Å². The molecule has 1 aliphatic heterocycles. The number of hydrogen-bond donors (Lipinski definition) is 2. The van der Waals surface area contributed by atoms with Crippen molar-refractivity contribution in [1.82, 2.24) is 5.32 Å². The molecule has 156 valence electrons. The van der Waals surface area contributed by atoms with E-state index < -0.39 is 29.9 Å². The standard InChI is InChI=1S/C19H19F3N2O5/c1-9-13(16(25)28-3)15(14(10(2)23-9)17(26)29-4)11-7-5-6-8-12(11)24-18(27)19(20,21)22/h5-8,15,23H,1-4H3,(H,24,27). The zero-order valence-electron chi connectivity index (χ0n) is 16.1. The third kappa shape index (κ3) is 4.41. The number of carbonyl (C=O) groups is 3. The first kappa shape index (κ1) is 22.0. The predicted molar refractivity (Wildman–Crippen MR) is 96.4 cm³/mol. The van der Waals surface area contributed by atoms with Crippen molar-refractivity contribution in [3.05, 3.63) is 52.4 Å². The molecule has 10 heteroatoms. The normalized spacial score (nSPS) is 15.0. The second-order valence-electron chi connectivity index (χ2n) is 6.16. The number of carbonyl (C=O) groups excluding carboxylic acids is 3. The molecule has 1 heterocycles. The molecule has 29 heavy (non-hydrogen) atoms. The molecule has 1 aliphatic rings. The molecule has 0 atom stereocenters. The van der Waals surface area contributed by atoms with Gasteiger partial charge in [0.05, 0.1) is 31.3 Å². The maximum absolute atomic E-state index is 12.8. The monoisotopic (exact) mass is 412 g/mol. The summed E-state index contributed by atoms with van der Waals surface area (Å²) in [6, 6.07) is 5.58. The Hall–Kier alpha value is -3.30. The number of para-hydroxylation sites is 1. The molecule has 0 bridgehead atoms. The fraction of sp³-hybridized carbons (Fsp3) is 0.316. The zero-order valence-corrected chi connectivity index (χ0v) is 16.1. The summed E-state index contributed by atoms with van der Waals surface area (Å²) in [5.74, 6) is -4.88. The van der Waals surface area contributed by atoms with E-state index >= 15 is 0 Å². The number of anilines is 1. The Morgan fingerprint density at radius 3 is 1.90 bits per heavy atom. The molecular weight excluding hydrogens is 393 g/mol. The number of amides is 1. The van der Waals surface area contributed by atoms with Crippen LogP contribution in [-0.2, 0) is 23.9 Å². The van der Waals surface area contributed by atoms with Gasteiger partial charge in [-0.15, -0.1) is 0 Å². The van der Waals surface area contributed by atoms with Crippen LogP contribution in [0.4, 0.5) is 18.9 Å². The zero-order chi connectivity index (χ0) is 21.9. The molecule has 0 saturated carbocycles. The molecule has 0 fully saturated rings. The van der Waals surface area contributed by atoms with E-state index in [1.54, 1.807) is 19.2 Å². The maximum Gasteiger partial charge on any atom is 0.471 e. The molecule has 2 rings (SSSR count). The lowest BCUT2D eigenvalue weighted by Gasteiger charge is -2.31. The summed E-state index contributed by atoms with van der Waals surface area (Å²) in [5, 5.41) is 4.68. The van der Waals surface area contributed by atoms with Gasteiger partial charge in [0, 0.05) is 17.1 Å². The van der Waals surface area contributed by atoms with Crippen molar-refractivity contribution in [2.24, 2.45) is 0 Å². The number of hydrogen-bond acceptors (Lipinski definition) is 6. The third-order valence-corrected chi connectivity index (χ3v) is 4.35. The van der Waals surface area contributed by atoms with Gasteiger partial charge in [0.1, 0.15) is 0 Å². The van der Waals surface area contributed by atoms with Gasteiger partial charge in [-0.25, -0.2) is 9.59 Å². The van der Waals surface area contributed by atoms with Crippen LogP contribution in [0.15, 0.2) is 46.8 Å². The molecule has 1 aromatic carbocycles. The first-order valence-corrected chi connectivity index (χ1v) is 8.35. The van der Waals surface area contributed by atoms with Crippen molar-refractivity contribution < 1.29 is 37.0 Å². The van der Waals surface area contributed by atoms with Crippen LogP contribution < -0.4 is 10.6 Å². The lowest BCUT2D eigenvalue weighted by atomic mass is 9.79. The van der Waals surface area contributed by atoms with Gasteiger partial charge in [-0.3, -0.25) is 4.79 Å². The minimum atomic E-state index is -5.12. The Kier molecular flexibility index (Phi) is 6.35. The minimum Gasteiger partial charge on any atom is -0.466 e. The third-order valence-electron chi connectivity index (χ3n) is 4.35. The van der Waals surface area contributed by atoms with E-state index in [0.717, 1.165) is 14.2 Å². The number of nitrogens with one attached hydrogen (secondary N) is 2. The van der Waals surface area contributed by atoms with E-state index in [4.69, 9.17) is 9.47 Å². The van der Waals surface area contributed by atoms with Gasteiger partial charge in [0.15, 0.2) is 0 Å². The van der Waals surface area contributed by atoms with E-state index in [0.29, 0.717) is 11.4 Å². The summed E-state index contributed by atoms with van der Waals surface area (Å²) < 4.78 is 47.9. The molecule has 0 aromatic heterocycles. The van der Waals surface area contributed by atoms with Gasteiger partial charge in [-0.1, -0.05) is 18.2 Å². The number of halogens is 3. The first-order chi connectivity index (χ1) is 13.5. The predicted octanol–water partition coefficient (Wildman–Crippen LogP) is 2.77. The van der Waals surface area contributed by atoms with Crippen LogP contribution >= 0.6 is 0 Å². The molecule has 0 aliphatic carbocycles. The molecule has 0 spiro atoms. The lowest BCUT2D eigenvalue weighted by Crippen LogP contribution is -2.33. The summed E-state index contributed by atoms with van der Waals surface area (Å²) in [6.07, 6.45) is -5.12. The van der Waals surface area contributed by atoms with Crippen LogP contribution in [0.3, 0.4) is 0 Å². The number of dihydropyridines is 1. The van der Waals surface area contributed by atoms with Crippen LogP contribution in [0.2, 0.25) is 0 Å². The summed E-state index contributed by atoms with van der Waals surface area (Å²) in [6.45, 7) is 3.13. The number of esters is 2. The van der Waals surface area contributed by atoms with Gasteiger partial charge in [-0.2, -0.15) is 13.2 Å². The van der Waals surface area contributed by atoms with E-state index in [2.05, 4.69) is 5.32 Å². The smallest absolute Gasteiger partial charge is 0.466 e. The van der Waals surface area contributed by atoms with Gasteiger partial charge in [-0.05, 0) is 25.5 Å². The van der Waals surface area contributed by atoms with Crippen LogP contribution in [0.1, 0.15) is 25.3 Å². The Bertz CT molecular complexity index is 881. The fourth-order valence-electron chi connectivity index (χ4n) is 3.12. The highest BCUT2D eigenvalue weighted by atomic mass is 19.4. The highest BCUT2D eigenvalue weighted by Crippen LogP contribution is 2.42. The van der Waals surface area contributed by atoms with Crippen molar-refractivity contribution in [2.45, 2.75) is 25.9 Å². The van der Waals surface area contributed by atoms with Crippen LogP contribution in [0.25, 0.3) is 0 Å². The largest absolute Gasteiger partial charge is 0.471 e. The fourth-order valence-corrected chi connectivity index (χ4v) is 3.12. The first-order valence-electron chi connectivity index (χ1n) is 8.35. The number of benzene rings is 1. The number of rotatable bonds is 4. The number of ether oxygens (including phenoxy) is 2. The maximum atomic E-state index is 12.8. The number of alkyl halides is 3. The van der Waals surface area contributed by atoms with Crippen LogP contribution in [0.5, 0.6) is 0 Å². The highest BCUT2D eigenvalue weighted by Gasteiger charge is 2.41. The molecule has 1 aromatic rings. The molecule has 0 radical (unpaired) electrons. The lowest BCUT2D eigenvalue weighted by molar-refractivity contribution is -0.167. The van der Waals surface area contributed by atoms with Crippen molar-refractivity contribution in [3.8, 4) is 0 Å². The van der Waals surface area contributed by atoms with Crippen molar-refractivity contribution in [3.63, 3.8) is 0 Å². The van der Waals surface area contributed by atoms with Crippen LogP contribution in [0, 0.1) is 0 Å². The van der Waals surface area contributed by atoms with Crippen LogP contribution in [-0.4, -0.2) is 38.2 Å². The summed E-state index contributed by atoms with van der Waals surface area (Å²) in [4.78, 5) is 36.4. The van der Waals surface area contributed by atoms with E-state index in [1.807, 2.05) is 0 Å². The average Bonchev–Trinajstić information content (AvgIpc) is 2.66. The Balaban J connectivity index is 2.72. The summed E-state index contributed by atoms with van der Waals surface area (Å²) >= 11 is 0.